The largest absolute Gasteiger partial charge is 0.495 e. The van der Waals surface area contributed by atoms with Crippen LogP contribution in [0.4, 0.5) is 5.82 Å². The molecule has 0 aliphatic heterocycles. The van der Waals surface area contributed by atoms with Gasteiger partial charge in [-0.15, -0.1) is 0 Å². The van der Waals surface area contributed by atoms with Crippen LogP contribution in [0.1, 0.15) is 19.4 Å². The molecular weight excluding hydrogens is 456 g/mol. The Kier molecular flexibility index (Phi) is 6.75. The van der Waals surface area contributed by atoms with E-state index in [9.17, 15) is 13.2 Å². The van der Waals surface area contributed by atoms with E-state index in [2.05, 4.69) is 14.7 Å². The molecule has 11 heteroatoms. The van der Waals surface area contributed by atoms with Crippen molar-refractivity contribution >= 4 is 27.4 Å². The number of pyridine rings is 1. The number of hydrogen-bond acceptors (Lipinski definition) is 7. The number of nitrogens with zero attached hydrogens (tertiary/aromatic N) is 3. The molecule has 9 nitrogen and oxygen atoms in total. The minimum Gasteiger partial charge on any atom is -0.495 e. The first-order valence-corrected chi connectivity index (χ1v) is 11.5. The zero-order valence-corrected chi connectivity index (χ0v) is 19.8. The molecule has 2 aromatic heterocycles. The summed E-state index contributed by atoms with van der Waals surface area (Å²) < 4.78 is 39.6. The highest BCUT2D eigenvalue weighted by Gasteiger charge is 2.19. The van der Waals surface area contributed by atoms with Gasteiger partial charge in [0, 0.05) is 36.5 Å². The van der Waals surface area contributed by atoms with E-state index in [4.69, 9.17) is 21.1 Å². The maximum absolute atomic E-state index is 12.4. The Morgan fingerprint density at radius 2 is 1.88 bits per heavy atom. The summed E-state index contributed by atoms with van der Waals surface area (Å²) in [6, 6.07) is 7.82. The van der Waals surface area contributed by atoms with Crippen LogP contribution in [0.25, 0.3) is 11.3 Å². The van der Waals surface area contributed by atoms with Crippen molar-refractivity contribution in [2.45, 2.75) is 26.0 Å². The van der Waals surface area contributed by atoms with Crippen LogP contribution >= 0.6 is 11.6 Å². The summed E-state index contributed by atoms with van der Waals surface area (Å²) in [5, 5.41) is -0.346. The normalized spacial score (nSPS) is 11.5. The molecule has 0 saturated carbocycles. The molecule has 2 heterocycles. The number of halogens is 1. The van der Waals surface area contributed by atoms with Crippen molar-refractivity contribution in [1.29, 1.82) is 0 Å². The van der Waals surface area contributed by atoms with Crippen molar-refractivity contribution in [2.24, 2.45) is 7.05 Å². The van der Waals surface area contributed by atoms with Gasteiger partial charge in [0.15, 0.2) is 0 Å². The summed E-state index contributed by atoms with van der Waals surface area (Å²) in [5.41, 5.74) is 1.33. The number of anilines is 1. The topological polar surface area (TPSA) is 112 Å². The van der Waals surface area contributed by atoms with Crippen LogP contribution in [0.15, 0.2) is 41.3 Å². The first kappa shape index (κ1) is 23.6. The van der Waals surface area contributed by atoms with Gasteiger partial charge in [-0.3, -0.25) is 9.52 Å². The van der Waals surface area contributed by atoms with E-state index in [0.717, 1.165) is 0 Å². The SMILES string of the molecule is COc1ccc(Oc2nc(NS(=O)(=O)C(C)C)cc(-c3cc(C)c(=O)n(C)c3)n2)cc1Cl. The van der Waals surface area contributed by atoms with Crippen LogP contribution in [0.3, 0.4) is 0 Å². The quantitative estimate of drug-likeness (QED) is 0.550. The Labute approximate surface area is 191 Å². The number of ether oxygens (including phenoxy) is 2. The highest BCUT2D eigenvalue weighted by molar-refractivity contribution is 7.93. The van der Waals surface area contributed by atoms with E-state index >= 15 is 0 Å². The standard InChI is InChI=1S/C21H23ClN4O5S/c1-12(2)32(28,29)25-19-10-17(14-8-13(3)20(27)26(4)11-14)23-21(24-19)31-15-6-7-18(30-5)16(22)9-15/h6-12H,1-5H3,(H,23,24,25). The van der Waals surface area contributed by atoms with Crippen molar-refractivity contribution in [3.05, 3.63) is 57.5 Å². The van der Waals surface area contributed by atoms with Crippen molar-refractivity contribution in [3.8, 4) is 28.8 Å². The molecule has 0 unspecified atom stereocenters. The molecule has 0 fully saturated rings. The van der Waals surface area contributed by atoms with Crippen molar-refractivity contribution in [3.63, 3.8) is 0 Å². The van der Waals surface area contributed by atoms with Crippen LogP contribution in [-0.4, -0.2) is 35.3 Å². The summed E-state index contributed by atoms with van der Waals surface area (Å²) in [4.78, 5) is 20.7. The number of methoxy groups -OCH3 is 1. The lowest BCUT2D eigenvalue weighted by atomic mass is 10.1. The van der Waals surface area contributed by atoms with E-state index in [1.807, 2.05) is 0 Å². The molecule has 170 valence electrons. The van der Waals surface area contributed by atoms with Crippen LogP contribution in [0.5, 0.6) is 17.5 Å². The van der Waals surface area contributed by atoms with Gasteiger partial charge in [-0.2, -0.15) is 9.97 Å². The molecule has 0 amide bonds. The zero-order chi connectivity index (χ0) is 23.6. The van der Waals surface area contributed by atoms with Crippen molar-refractivity contribution < 1.29 is 17.9 Å². The average Bonchev–Trinajstić information content (AvgIpc) is 2.71. The lowest BCUT2D eigenvalue weighted by Crippen LogP contribution is -2.23. The second-order valence-electron chi connectivity index (χ2n) is 7.34. The number of aromatic nitrogens is 3. The van der Waals surface area contributed by atoms with Gasteiger partial charge in [-0.25, -0.2) is 8.42 Å². The molecule has 0 aliphatic carbocycles. The van der Waals surface area contributed by atoms with E-state index < -0.39 is 15.3 Å². The third kappa shape index (κ3) is 5.20. The number of aryl methyl sites for hydroxylation is 2. The van der Waals surface area contributed by atoms with E-state index in [1.165, 1.54) is 23.8 Å². The van der Waals surface area contributed by atoms with Crippen LogP contribution in [0, 0.1) is 6.92 Å². The van der Waals surface area contributed by atoms with Gasteiger partial charge in [0.2, 0.25) is 10.0 Å². The van der Waals surface area contributed by atoms with Gasteiger partial charge in [-0.05, 0) is 39.0 Å². The highest BCUT2D eigenvalue weighted by atomic mass is 35.5. The molecule has 32 heavy (non-hydrogen) atoms. The maximum atomic E-state index is 12.4. The fourth-order valence-corrected chi connectivity index (χ4v) is 3.65. The molecule has 0 aliphatic rings. The summed E-state index contributed by atoms with van der Waals surface area (Å²) in [6.45, 7) is 4.79. The minimum atomic E-state index is -3.67. The lowest BCUT2D eigenvalue weighted by Gasteiger charge is -2.14. The highest BCUT2D eigenvalue weighted by Crippen LogP contribution is 2.31. The van der Waals surface area contributed by atoms with Crippen LogP contribution in [-0.2, 0) is 17.1 Å². The van der Waals surface area contributed by atoms with Gasteiger partial charge >= 0.3 is 6.01 Å². The fourth-order valence-electron chi connectivity index (χ4n) is 2.77. The molecule has 0 saturated heterocycles. The molecule has 0 radical (unpaired) electrons. The molecule has 0 spiro atoms. The second-order valence-corrected chi connectivity index (χ2v) is 9.99. The first-order chi connectivity index (χ1) is 15.0. The number of benzene rings is 1. The van der Waals surface area contributed by atoms with Crippen LogP contribution in [0.2, 0.25) is 5.02 Å². The Balaban J connectivity index is 2.10. The molecule has 1 aromatic carbocycles. The maximum Gasteiger partial charge on any atom is 0.324 e. The number of nitrogens with one attached hydrogen (secondary N) is 1. The lowest BCUT2D eigenvalue weighted by molar-refractivity contribution is 0.411. The van der Waals surface area contributed by atoms with E-state index in [1.54, 1.807) is 52.2 Å². The third-order valence-electron chi connectivity index (χ3n) is 4.56. The van der Waals surface area contributed by atoms with E-state index in [0.29, 0.717) is 33.3 Å². The van der Waals surface area contributed by atoms with Crippen LogP contribution < -0.4 is 19.8 Å². The second kappa shape index (κ2) is 9.17. The smallest absolute Gasteiger partial charge is 0.324 e. The van der Waals surface area contributed by atoms with Crippen molar-refractivity contribution in [2.75, 3.05) is 11.8 Å². The van der Waals surface area contributed by atoms with Gasteiger partial charge in [0.1, 0.15) is 17.3 Å². The third-order valence-corrected chi connectivity index (χ3v) is 6.59. The minimum absolute atomic E-state index is 0.0322. The van der Waals surface area contributed by atoms with Gasteiger partial charge in [-0.1, -0.05) is 11.6 Å². The first-order valence-electron chi connectivity index (χ1n) is 9.60. The Bertz CT molecular complexity index is 1300. The number of sulfonamides is 1. The van der Waals surface area contributed by atoms with E-state index in [-0.39, 0.29) is 17.4 Å². The van der Waals surface area contributed by atoms with Gasteiger partial charge < -0.3 is 14.0 Å². The molecule has 3 rings (SSSR count). The summed E-state index contributed by atoms with van der Waals surface area (Å²) >= 11 is 6.16. The molecule has 3 aromatic rings. The molecule has 0 atom stereocenters. The number of rotatable bonds is 7. The summed E-state index contributed by atoms with van der Waals surface area (Å²) in [6.07, 6.45) is 1.60. The average molecular weight is 479 g/mol. The van der Waals surface area contributed by atoms with Gasteiger partial charge in [0.25, 0.3) is 5.56 Å². The fraction of sp³-hybridized carbons (Fsp3) is 0.286. The summed E-state index contributed by atoms with van der Waals surface area (Å²) in [7, 11) is -0.546. The Morgan fingerprint density at radius 1 is 1.16 bits per heavy atom. The molecule has 0 bridgehead atoms. The Hall–Kier alpha value is -3.11. The predicted octanol–water partition coefficient (Wildman–Crippen LogP) is 3.76. The Morgan fingerprint density at radius 3 is 2.47 bits per heavy atom. The number of hydrogen-bond donors (Lipinski definition) is 1. The van der Waals surface area contributed by atoms with Gasteiger partial charge in [0.05, 0.1) is 23.1 Å². The van der Waals surface area contributed by atoms with Crippen molar-refractivity contribution in [1.82, 2.24) is 14.5 Å². The monoisotopic (exact) mass is 478 g/mol. The molecule has 1 N–H and O–H groups in total. The summed E-state index contributed by atoms with van der Waals surface area (Å²) in [5.74, 6) is 0.840. The molecular formula is C21H23ClN4O5S. The predicted molar refractivity (Wildman–Crippen MR) is 123 cm³/mol. The zero-order valence-electron chi connectivity index (χ0n) is 18.2.